The molecule has 0 aromatic heterocycles. The van der Waals surface area contributed by atoms with Crippen LogP contribution in [-0.4, -0.2) is 40.3 Å². The maximum atomic E-state index is 13.0. The van der Waals surface area contributed by atoms with E-state index in [1.54, 1.807) is 0 Å². The highest BCUT2D eigenvalue weighted by Crippen LogP contribution is 2.44. The van der Waals surface area contributed by atoms with Gasteiger partial charge in [0.1, 0.15) is 17.1 Å². The lowest BCUT2D eigenvalue weighted by Gasteiger charge is -2.34. The molecule has 2 unspecified atom stereocenters. The van der Waals surface area contributed by atoms with Crippen molar-refractivity contribution in [1.82, 2.24) is 10.2 Å². The van der Waals surface area contributed by atoms with Gasteiger partial charge in [-0.2, -0.15) is 0 Å². The van der Waals surface area contributed by atoms with E-state index in [9.17, 15) is 14.4 Å². The van der Waals surface area contributed by atoms with Gasteiger partial charge in [0.2, 0.25) is 5.91 Å². The molecule has 3 atom stereocenters. The van der Waals surface area contributed by atoms with Crippen LogP contribution in [0.4, 0.5) is 4.79 Å². The number of carbonyl (C=O) groups is 3. The van der Waals surface area contributed by atoms with Crippen molar-refractivity contribution in [3.05, 3.63) is 64.7 Å². The van der Waals surface area contributed by atoms with Crippen molar-refractivity contribution in [3.63, 3.8) is 0 Å². The third-order valence-electron chi connectivity index (χ3n) is 6.99. The van der Waals surface area contributed by atoms with Gasteiger partial charge in [-0.15, -0.1) is 0 Å². The lowest BCUT2D eigenvalue weighted by atomic mass is 9.95. The number of amides is 3. The predicted molar refractivity (Wildman–Crippen MR) is 121 cm³/mol. The third kappa shape index (κ3) is 3.48. The van der Waals surface area contributed by atoms with Gasteiger partial charge in [0.15, 0.2) is 0 Å². The summed E-state index contributed by atoms with van der Waals surface area (Å²) in [4.78, 5) is 38.7. The third-order valence-corrected chi connectivity index (χ3v) is 8.10. The maximum Gasteiger partial charge on any atom is 0.286 e. The number of hydrogen-bond donors (Lipinski definition) is 1. The standard InChI is InChI=1S/C25H24N2O4S/c28-23-22(32-25(30)26-23)19-9-7-15-11-16(8-10-17(15)19)31-21-13-27(12-14-5-6-14)24(29)20-4-2-1-3-18(20)21/h1-4,8,10-11,14,19,21-22H,5-7,9,12-13H2,(H,26,28,30)/t19-,21?,22?/m1/s1. The van der Waals surface area contributed by atoms with Crippen LogP contribution in [-0.2, 0) is 11.2 Å². The molecule has 7 heteroatoms. The molecule has 32 heavy (non-hydrogen) atoms. The minimum absolute atomic E-state index is 0.0533. The van der Waals surface area contributed by atoms with E-state index < -0.39 is 0 Å². The van der Waals surface area contributed by atoms with Crippen molar-refractivity contribution in [2.75, 3.05) is 13.1 Å². The monoisotopic (exact) mass is 448 g/mol. The summed E-state index contributed by atoms with van der Waals surface area (Å²) in [5, 5.41) is 1.80. The maximum absolute atomic E-state index is 13.0. The number of imide groups is 1. The molecule has 3 amide bonds. The normalized spacial score (nSPS) is 26.7. The van der Waals surface area contributed by atoms with Crippen LogP contribution in [0.3, 0.4) is 0 Å². The fraction of sp³-hybridized carbons (Fsp3) is 0.400. The molecule has 6 rings (SSSR count). The summed E-state index contributed by atoms with van der Waals surface area (Å²) < 4.78 is 6.45. The summed E-state index contributed by atoms with van der Waals surface area (Å²) in [5.74, 6) is 1.38. The van der Waals surface area contributed by atoms with Crippen molar-refractivity contribution in [1.29, 1.82) is 0 Å². The zero-order valence-electron chi connectivity index (χ0n) is 17.6. The van der Waals surface area contributed by atoms with Crippen LogP contribution in [0.1, 0.15) is 58.3 Å². The van der Waals surface area contributed by atoms with Crippen LogP contribution in [0.5, 0.6) is 5.75 Å². The molecular weight excluding hydrogens is 424 g/mol. The Morgan fingerprint density at radius 2 is 1.88 bits per heavy atom. The predicted octanol–water partition coefficient (Wildman–Crippen LogP) is 4.05. The first-order chi connectivity index (χ1) is 15.6. The molecule has 2 heterocycles. The van der Waals surface area contributed by atoms with E-state index in [-0.39, 0.29) is 34.3 Å². The molecule has 164 valence electrons. The first-order valence-electron chi connectivity index (χ1n) is 11.3. The molecule has 1 N–H and O–H groups in total. The smallest absolute Gasteiger partial charge is 0.286 e. The summed E-state index contributed by atoms with van der Waals surface area (Å²) in [6.07, 6.45) is 3.92. The quantitative estimate of drug-likeness (QED) is 0.747. The van der Waals surface area contributed by atoms with Gasteiger partial charge in [-0.1, -0.05) is 36.0 Å². The van der Waals surface area contributed by atoms with Crippen LogP contribution in [0.2, 0.25) is 0 Å². The molecule has 2 aliphatic heterocycles. The lowest BCUT2D eigenvalue weighted by Crippen LogP contribution is -2.42. The summed E-state index contributed by atoms with van der Waals surface area (Å²) >= 11 is 1.10. The Morgan fingerprint density at radius 3 is 2.66 bits per heavy atom. The number of aryl methyl sites for hydroxylation is 1. The molecule has 2 fully saturated rings. The Kier molecular flexibility index (Phi) is 4.75. The number of thioether (sulfide) groups is 1. The average molecular weight is 449 g/mol. The fourth-order valence-electron chi connectivity index (χ4n) is 5.21. The Bertz CT molecular complexity index is 1130. The highest BCUT2D eigenvalue weighted by atomic mass is 32.2. The van der Waals surface area contributed by atoms with Crippen LogP contribution in [0, 0.1) is 5.92 Å². The number of rotatable bonds is 5. The van der Waals surface area contributed by atoms with Crippen LogP contribution in [0.15, 0.2) is 42.5 Å². The zero-order chi connectivity index (χ0) is 21.8. The van der Waals surface area contributed by atoms with Crippen LogP contribution in [0.25, 0.3) is 0 Å². The second kappa shape index (κ2) is 7.66. The van der Waals surface area contributed by atoms with Crippen LogP contribution >= 0.6 is 11.8 Å². The number of hydrogen-bond acceptors (Lipinski definition) is 5. The SMILES string of the molecule is O=C1NC(=O)C([C@@H]2CCc3cc(OC4CN(CC5CC5)C(=O)c5ccccc54)ccc32)S1. The number of ether oxygens (including phenoxy) is 1. The second-order valence-electron chi connectivity index (χ2n) is 9.17. The van der Waals surface area contributed by atoms with Crippen LogP contribution < -0.4 is 10.1 Å². The molecule has 2 aromatic rings. The molecule has 1 saturated carbocycles. The van der Waals surface area contributed by atoms with Crippen molar-refractivity contribution in [2.45, 2.75) is 43.0 Å². The molecule has 0 radical (unpaired) electrons. The van der Waals surface area contributed by atoms with Crippen molar-refractivity contribution in [2.24, 2.45) is 5.92 Å². The highest BCUT2D eigenvalue weighted by Gasteiger charge is 2.41. The molecule has 4 aliphatic rings. The van der Waals surface area contributed by atoms with E-state index in [0.717, 1.165) is 53.6 Å². The Labute approximate surface area is 190 Å². The number of carbonyl (C=O) groups excluding carboxylic acids is 3. The van der Waals surface area contributed by atoms with Gasteiger partial charge in [0, 0.05) is 23.6 Å². The average Bonchev–Trinajstić information content (AvgIpc) is 3.41. The minimum atomic E-state index is -0.345. The minimum Gasteiger partial charge on any atom is -0.484 e. The van der Waals surface area contributed by atoms with E-state index in [1.807, 2.05) is 41.3 Å². The molecule has 0 spiro atoms. The first-order valence-corrected chi connectivity index (χ1v) is 12.1. The first kappa shape index (κ1) is 19.9. The molecule has 0 bridgehead atoms. The number of nitrogens with zero attached hydrogens (tertiary/aromatic N) is 1. The topological polar surface area (TPSA) is 75.7 Å². The van der Waals surface area contributed by atoms with E-state index in [1.165, 1.54) is 18.4 Å². The lowest BCUT2D eigenvalue weighted by molar-refractivity contribution is -0.119. The second-order valence-corrected chi connectivity index (χ2v) is 10.3. The zero-order valence-corrected chi connectivity index (χ0v) is 18.4. The molecule has 2 aliphatic carbocycles. The Hall–Kier alpha value is -2.80. The van der Waals surface area contributed by atoms with Gasteiger partial charge in [-0.05, 0) is 60.9 Å². The number of benzene rings is 2. The fourth-order valence-corrected chi connectivity index (χ4v) is 6.21. The summed E-state index contributed by atoms with van der Waals surface area (Å²) in [6, 6.07) is 13.8. The Balaban J connectivity index is 1.24. The molecule has 1 saturated heterocycles. The van der Waals surface area contributed by atoms with E-state index in [0.29, 0.717) is 12.5 Å². The molecule has 6 nitrogen and oxygen atoms in total. The van der Waals surface area contributed by atoms with Crippen molar-refractivity contribution >= 4 is 28.8 Å². The number of nitrogens with one attached hydrogen (secondary N) is 1. The van der Waals surface area contributed by atoms with E-state index in [2.05, 4.69) is 11.4 Å². The van der Waals surface area contributed by atoms with E-state index in [4.69, 9.17) is 4.74 Å². The van der Waals surface area contributed by atoms with Gasteiger partial charge in [0.25, 0.3) is 11.1 Å². The molecular formula is C25H24N2O4S. The van der Waals surface area contributed by atoms with Gasteiger partial charge in [-0.3, -0.25) is 19.7 Å². The van der Waals surface area contributed by atoms with E-state index >= 15 is 0 Å². The van der Waals surface area contributed by atoms with Crippen molar-refractivity contribution < 1.29 is 19.1 Å². The molecule has 2 aromatic carbocycles. The van der Waals surface area contributed by atoms with Gasteiger partial charge < -0.3 is 9.64 Å². The van der Waals surface area contributed by atoms with Gasteiger partial charge in [0.05, 0.1) is 6.54 Å². The number of fused-ring (bicyclic) bond motifs is 2. The summed E-state index contributed by atoms with van der Waals surface area (Å²) in [5.41, 5.74) is 3.99. The summed E-state index contributed by atoms with van der Waals surface area (Å²) in [6.45, 7) is 1.37. The largest absolute Gasteiger partial charge is 0.484 e. The summed E-state index contributed by atoms with van der Waals surface area (Å²) in [7, 11) is 0. The van der Waals surface area contributed by atoms with Gasteiger partial charge in [-0.25, -0.2) is 0 Å². The Morgan fingerprint density at radius 1 is 1.03 bits per heavy atom. The highest BCUT2D eigenvalue weighted by molar-refractivity contribution is 8.15. The van der Waals surface area contributed by atoms with Crippen molar-refractivity contribution in [3.8, 4) is 5.75 Å². The van der Waals surface area contributed by atoms with Gasteiger partial charge >= 0.3 is 0 Å².